The molecule has 3 aromatic rings. The maximum atomic E-state index is 12.2. The first-order valence-corrected chi connectivity index (χ1v) is 6.82. The molecular formula is C16H17N3O2. The van der Waals surface area contributed by atoms with E-state index in [9.17, 15) is 4.79 Å². The van der Waals surface area contributed by atoms with E-state index < -0.39 is 0 Å². The van der Waals surface area contributed by atoms with E-state index in [2.05, 4.69) is 10.4 Å². The molecule has 3 rings (SSSR count). The van der Waals surface area contributed by atoms with E-state index in [4.69, 9.17) is 4.42 Å². The standard InChI is InChI=1S/C16H17N3O2/c1-10-13(11(2)19(3)18-10)9-17-16(20)15-8-12-6-4-5-7-14(12)21-15/h4-8H,9H2,1-3H3,(H,17,20). The molecule has 1 N–H and O–H groups in total. The molecule has 0 atom stereocenters. The van der Waals surface area contributed by atoms with Crippen LogP contribution in [0.25, 0.3) is 11.0 Å². The number of aromatic nitrogens is 2. The molecule has 1 aromatic carbocycles. The van der Waals surface area contributed by atoms with Crippen molar-refractivity contribution in [3.05, 3.63) is 53.0 Å². The molecule has 0 radical (unpaired) electrons. The fraction of sp³-hybridized carbons (Fsp3) is 0.250. The van der Waals surface area contributed by atoms with E-state index in [0.29, 0.717) is 12.3 Å². The number of nitrogens with zero attached hydrogens (tertiary/aromatic N) is 2. The Hall–Kier alpha value is -2.56. The maximum absolute atomic E-state index is 12.2. The second-order valence-corrected chi connectivity index (χ2v) is 5.10. The van der Waals surface area contributed by atoms with Gasteiger partial charge < -0.3 is 9.73 Å². The highest BCUT2D eigenvalue weighted by Gasteiger charge is 2.14. The Kier molecular flexibility index (Phi) is 3.25. The summed E-state index contributed by atoms with van der Waals surface area (Å²) in [5.41, 5.74) is 3.75. The van der Waals surface area contributed by atoms with Gasteiger partial charge in [-0.3, -0.25) is 9.48 Å². The van der Waals surface area contributed by atoms with E-state index in [-0.39, 0.29) is 5.91 Å². The van der Waals surface area contributed by atoms with Crippen molar-refractivity contribution in [1.29, 1.82) is 0 Å². The highest BCUT2D eigenvalue weighted by molar-refractivity contribution is 5.96. The molecule has 1 amide bonds. The zero-order valence-corrected chi connectivity index (χ0v) is 12.3. The minimum absolute atomic E-state index is 0.214. The van der Waals surface area contributed by atoms with Crippen LogP contribution >= 0.6 is 0 Å². The van der Waals surface area contributed by atoms with E-state index in [1.165, 1.54) is 0 Å². The van der Waals surface area contributed by atoms with Crippen molar-refractivity contribution in [2.24, 2.45) is 7.05 Å². The molecule has 0 aliphatic carbocycles. The molecule has 2 heterocycles. The molecule has 0 aliphatic rings. The highest BCUT2D eigenvalue weighted by Crippen LogP contribution is 2.19. The average Bonchev–Trinajstić information content (AvgIpc) is 2.99. The fourth-order valence-electron chi connectivity index (χ4n) is 2.42. The quantitative estimate of drug-likeness (QED) is 0.804. The number of benzene rings is 1. The van der Waals surface area contributed by atoms with Crippen LogP contribution in [0.3, 0.4) is 0 Å². The normalized spacial score (nSPS) is 11.0. The van der Waals surface area contributed by atoms with Gasteiger partial charge in [0, 0.05) is 30.2 Å². The van der Waals surface area contributed by atoms with E-state index in [1.807, 2.05) is 49.8 Å². The number of carbonyl (C=O) groups excluding carboxylic acids is 1. The smallest absolute Gasteiger partial charge is 0.287 e. The third-order valence-corrected chi connectivity index (χ3v) is 3.73. The zero-order chi connectivity index (χ0) is 15.0. The van der Waals surface area contributed by atoms with Crippen molar-refractivity contribution in [3.63, 3.8) is 0 Å². The topological polar surface area (TPSA) is 60.1 Å². The van der Waals surface area contributed by atoms with Crippen LogP contribution in [-0.4, -0.2) is 15.7 Å². The Morgan fingerprint density at radius 3 is 2.76 bits per heavy atom. The predicted molar refractivity (Wildman–Crippen MR) is 80.1 cm³/mol. The lowest BCUT2D eigenvalue weighted by molar-refractivity contribution is 0.0925. The number of hydrogen-bond donors (Lipinski definition) is 1. The molecule has 108 valence electrons. The third-order valence-electron chi connectivity index (χ3n) is 3.73. The van der Waals surface area contributed by atoms with Crippen molar-refractivity contribution >= 4 is 16.9 Å². The average molecular weight is 283 g/mol. The van der Waals surface area contributed by atoms with Crippen molar-refractivity contribution < 1.29 is 9.21 Å². The number of carbonyl (C=O) groups is 1. The molecule has 5 heteroatoms. The number of furan rings is 1. The second kappa shape index (κ2) is 5.09. The van der Waals surface area contributed by atoms with Gasteiger partial charge in [0.1, 0.15) is 5.58 Å². The van der Waals surface area contributed by atoms with Crippen molar-refractivity contribution in [1.82, 2.24) is 15.1 Å². The maximum Gasteiger partial charge on any atom is 0.287 e. The Morgan fingerprint density at radius 1 is 1.33 bits per heavy atom. The van der Waals surface area contributed by atoms with Crippen LogP contribution in [0.15, 0.2) is 34.7 Å². The lowest BCUT2D eigenvalue weighted by Crippen LogP contribution is -2.22. The number of hydrogen-bond acceptors (Lipinski definition) is 3. The molecule has 0 bridgehead atoms. The molecule has 21 heavy (non-hydrogen) atoms. The van der Waals surface area contributed by atoms with Gasteiger partial charge in [0.05, 0.1) is 5.69 Å². The van der Waals surface area contributed by atoms with E-state index in [0.717, 1.165) is 27.9 Å². The van der Waals surface area contributed by atoms with Crippen LogP contribution < -0.4 is 5.32 Å². The van der Waals surface area contributed by atoms with Gasteiger partial charge in [0.25, 0.3) is 5.91 Å². The highest BCUT2D eigenvalue weighted by atomic mass is 16.3. The monoisotopic (exact) mass is 283 g/mol. The molecule has 0 fully saturated rings. The van der Waals surface area contributed by atoms with Crippen molar-refractivity contribution in [3.8, 4) is 0 Å². The summed E-state index contributed by atoms with van der Waals surface area (Å²) in [6.07, 6.45) is 0. The molecule has 0 saturated carbocycles. The Morgan fingerprint density at radius 2 is 2.10 bits per heavy atom. The van der Waals surface area contributed by atoms with Gasteiger partial charge in [-0.2, -0.15) is 5.10 Å². The van der Waals surface area contributed by atoms with Gasteiger partial charge in [-0.05, 0) is 26.0 Å². The first-order chi connectivity index (χ1) is 10.1. The summed E-state index contributed by atoms with van der Waals surface area (Å²) < 4.78 is 7.37. The van der Waals surface area contributed by atoms with Crippen LogP contribution in [0.1, 0.15) is 27.5 Å². The fourth-order valence-corrected chi connectivity index (χ4v) is 2.42. The van der Waals surface area contributed by atoms with Gasteiger partial charge in [-0.15, -0.1) is 0 Å². The van der Waals surface area contributed by atoms with Crippen molar-refractivity contribution in [2.75, 3.05) is 0 Å². The first-order valence-electron chi connectivity index (χ1n) is 6.82. The summed E-state index contributed by atoms with van der Waals surface area (Å²) >= 11 is 0. The van der Waals surface area contributed by atoms with Gasteiger partial charge in [-0.25, -0.2) is 0 Å². The third kappa shape index (κ3) is 2.42. The first kappa shape index (κ1) is 13.4. The number of fused-ring (bicyclic) bond motifs is 1. The van der Waals surface area contributed by atoms with Crippen LogP contribution in [-0.2, 0) is 13.6 Å². The van der Waals surface area contributed by atoms with Gasteiger partial charge >= 0.3 is 0 Å². The summed E-state index contributed by atoms with van der Waals surface area (Å²) in [5.74, 6) is 0.115. The number of rotatable bonds is 3. The number of para-hydroxylation sites is 1. The Balaban J connectivity index is 1.77. The minimum Gasteiger partial charge on any atom is -0.451 e. The SMILES string of the molecule is Cc1nn(C)c(C)c1CNC(=O)c1cc2ccccc2o1. The van der Waals surface area contributed by atoms with Crippen LogP contribution in [0, 0.1) is 13.8 Å². The molecule has 5 nitrogen and oxygen atoms in total. The van der Waals surface area contributed by atoms with E-state index >= 15 is 0 Å². The zero-order valence-electron chi connectivity index (χ0n) is 12.3. The number of aryl methyl sites for hydroxylation is 2. The van der Waals surface area contributed by atoms with Crippen molar-refractivity contribution in [2.45, 2.75) is 20.4 Å². The number of nitrogens with one attached hydrogen (secondary N) is 1. The molecular weight excluding hydrogens is 266 g/mol. The number of amides is 1. The van der Waals surface area contributed by atoms with Crippen LogP contribution in [0.2, 0.25) is 0 Å². The molecule has 0 saturated heterocycles. The molecule has 0 spiro atoms. The molecule has 2 aromatic heterocycles. The Bertz CT molecular complexity index is 781. The predicted octanol–water partition coefficient (Wildman–Crippen LogP) is 2.71. The van der Waals surface area contributed by atoms with Gasteiger partial charge in [0.2, 0.25) is 0 Å². The summed E-state index contributed by atoms with van der Waals surface area (Å²) in [7, 11) is 1.90. The van der Waals surface area contributed by atoms with Gasteiger partial charge in [-0.1, -0.05) is 18.2 Å². The Labute approximate surface area is 122 Å². The second-order valence-electron chi connectivity index (χ2n) is 5.10. The van der Waals surface area contributed by atoms with Crippen LogP contribution in [0.5, 0.6) is 0 Å². The van der Waals surface area contributed by atoms with E-state index in [1.54, 1.807) is 6.07 Å². The van der Waals surface area contributed by atoms with Gasteiger partial charge in [0.15, 0.2) is 5.76 Å². The summed E-state index contributed by atoms with van der Waals surface area (Å²) in [4.78, 5) is 12.2. The molecule has 0 unspecified atom stereocenters. The summed E-state index contributed by atoms with van der Waals surface area (Å²) in [5, 5.41) is 8.15. The largest absolute Gasteiger partial charge is 0.451 e. The lowest BCUT2D eigenvalue weighted by atomic mass is 10.2. The summed E-state index contributed by atoms with van der Waals surface area (Å²) in [6.45, 7) is 4.37. The lowest BCUT2D eigenvalue weighted by Gasteiger charge is -2.03. The summed E-state index contributed by atoms with van der Waals surface area (Å²) in [6, 6.07) is 9.33. The molecule has 0 aliphatic heterocycles. The van der Waals surface area contributed by atoms with Crippen LogP contribution in [0.4, 0.5) is 0 Å². The minimum atomic E-state index is -0.214.